The number of fused-ring (bicyclic) bond motifs is 1. The van der Waals surface area contributed by atoms with Crippen molar-refractivity contribution in [3.05, 3.63) is 29.3 Å². The fourth-order valence-corrected chi connectivity index (χ4v) is 2.76. The van der Waals surface area contributed by atoms with Gasteiger partial charge in [0, 0.05) is 12.0 Å². The fourth-order valence-electron chi connectivity index (χ4n) is 2.29. The Balaban J connectivity index is 2.07. The van der Waals surface area contributed by atoms with Crippen LogP contribution in [-0.4, -0.2) is 48.4 Å². The van der Waals surface area contributed by atoms with Crippen LogP contribution in [0.2, 0.25) is 0 Å². The SMILES string of the molecule is NS(=O)(=O)CCC(=O)N[C@H]1Cc2cccc(C(O)O)c2OB1O. The van der Waals surface area contributed by atoms with E-state index in [4.69, 9.17) is 9.79 Å². The summed E-state index contributed by atoms with van der Waals surface area (Å²) in [5, 5.41) is 35.8. The third-order valence-corrected chi connectivity index (χ3v) is 4.16. The van der Waals surface area contributed by atoms with Crippen molar-refractivity contribution in [3.8, 4) is 5.75 Å². The van der Waals surface area contributed by atoms with E-state index in [-0.39, 0.29) is 24.2 Å². The number of hydrogen-bond donors (Lipinski definition) is 5. The van der Waals surface area contributed by atoms with E-state index in [2.05, 4.69) is 5.32 Å². The molecule has 0 spiro atoms. The number of aliphatic hydroxyl groups is 2. The van der Waals surface area contributed by atoms with Crippen molar-refractivity contribution < 1.29 is 33.1 Å². The molecule has 0 saturated carbocycles. The average molecular weight is 344 g/mol. The van der Waals surface area contributed by atoms with Crippen LogP contribution in [0.1, 0.15) is 23.8 Å². The lowest BCUT2D eigenvalue weighted by Gasteiger charge is -2.29. The summed E-state index contributed by atoms with van der Waals surface area (Å²) in [5.41, 5.74) is 0.693. The van der Waals surface area contributed by atoms with Crippen molar-refractivity contribution in [2.45, 2.75) is 25.1 Å². The number of primary sulfonamides is 1. The van der Waals surface area contributed by atoms with Gasteiger partial charge in [-0.25, -0.2) is 13.6 Å². The Morgan fingerprint density at radius 1 is 1.48 bits per heavy atom. The molecule has 0 aromatic heterocycles. The van der Waals surface area contributed by atoms with Crippen molar-refractivity contribution in [1.82, 2.24) is 5.32 Å². The number of carbonyl (C=O) groups excluding carboxylic acids is 1. The van der Waals surface area contributed by atoms with Gasteiger partial charge in [-0.1, -0.05) is 18.2 Å². The van der Waals surface area contributed by atoms with Gasteiger partial charge in [0.2, 0.25) is 15.9 Å². The van der Waals surface area contributed by atoms with Crippen LogP contribution < -0.4 is 15.1 Å². The number of aliphatic hydroxyl groups excluding tert-OH is 1. The monoisotopic (exact) mass is 344 g/mol. The Bertz CT molecular complexity index is 695. The lowest BCUT2D eigenvalue weighted by atomic mass is 9.72. The second-order valence-electron chi connectivity index (χ2n) is 5.21. The molecule has 1 aromatic rings. The molecule has 1 aliphatic heterocycles. The molecular formula is C12H17BN2O7S. The summed E-state index contributed by atoms with van der Waals surface area (Å²) in [6.45, 7) is 0. The third kappa shape index (κ3) is 4.66. The molecule has 6 N–H and O–H groups in total. The summed E-state index contributed by atoms with van der Waals surface area (Å²) >= 11 is 0. The van der Waals surface area contributed by atoms with E-state index >= 15 is 0 Å². The van der Waals surface area contributed by atoms with E-state index in [9.17, 15) is 28.4 Å². The number of sulfonamides is 1. The minimum atomic E-state index is -3.75. The maximum Gasteiger partial charge on any atom is 0.547 e. The van der Waals surface area contributed by atoms with Gasteiger partial charge in [0.15, 0.2) is 6.29 Å². The molecule has 0 radical (unpaired) electrons. The Hall–Kier alpha value is -1.66. The van der Waals surface area contributed by atoms with Crippen LogP contribution in [-0.2, 0) is 21.2 Å². The first-order chi connectivity index (χ1) is 10.7. The first-order valence-electron chi connectivity index (χ1n) is 6.80. The van der Waals surface area contributed by atoms with E-state index in [1.165, 1.54) is 6.07 Å². The van der Waals surface area contributed by atoms with Crippen LogP contribution >= 0.6 is 0 Å². The Kier molecular flexibility index (Phi) is 5.27. The highest BCUT2D eigenvalue weighted by Gasteiger charge is 2.37. The van der Waals surface area contributed by atoms with E-state index in [1.54, 1.807) is 12.1 Å². The van der Waals surface area contributed by atoms with Crippen LogP contribution in [0.4, 0.5) is 0 Å². The molecule has 11 heteroatoms. The molecule has 1 atom stereocenters. The predicted octanol–water partition coefficient (Wildman–Crippen LogP) is -2.21. The molecule has 0 fully saturated rings. The zero-order chi connectivity index (χ0) is 17.2. The quantitative estimate of drug-likeness (QED) is 0.299. The maximum atomic E-state index is 11.7. The van der Waals surface area contributed by atoms with Crippen molar-refractivity contribution in [1.29, 1.82) is 0 Å². The van der Waals surface area contributed by atoms with E-state index in [0.29, 0.717) is 5.56 Å². The van der Waals surface area contributed by atoms with Crippen LogP contribution in [0, 0.1) is 0 Å². The van der Waals surface area contributed by atoms with Gasteiger partial charge in [-0.3, -0.25) is 4.79 Å². The molecule has 1 amide bonds. The zero-order valence-electron chi connectivity index (χ0n) is 12.0. The number of nitrogens with two attached hydrogens (primary N) is 1. The molecular weight excluding hydrogens is 327 g/mol. The van der Waals surface area contributed by atoms with Crippen LogP contribution in [0.25, 0.3) is 0 Å². The average Bonchev–Trinajstić information content (AvgIpc) is 2.44. The smallest absolute Gasteiger partial charge is 0.534 e. The number of hydrogen-bond acceptors (Lipinski definition) is 7. The maximum absolute atomic E-state index is 11.7. The van der Waals surface area contributed by atoms with Crippen molar-refractivity contribution >= 4 is 23.0 Å². The summed E-state index contributed by atoms with van der Waals surface area (Å²) in [6.07, 6.45) is -1.89. The molecule has 9 nitrogen and oxygen atoms in total. The Labute approximate surface area is 133 Å². The largest absolute Gasteiger partial charge is 0.547 e. The van der Waals surface area contributed by atoms with Gasteiger partial charge < -0.3 is 25.2 Å². The minimum absolute atomic E-state index is 0.112. The number of rotatable bonds is 5. The second-order valence-corrected chi connectivity index (χ2v) is 6.95. The van der Waals surface area contributed by atoms with Gasteiger partial charge in [0.05, 0.1) is 11.7 Å². The third-order valence-electron chi connectivity index (χ3n) is 3.39. The Morgan fingerprint density at radius 3 is 2.78 bits per heavy atom. The normalized spacial score (nSPS) is 17.6. The predicted molar refractivity (Wildman–Crippen MR) is 80.4 cm³/mol. The first-order valence-corrected chi connectivity index (χ1v) is 8.51. The molecule has 0 aliphatic carbocycles. The van der Waals surface area contributed by atoms with Gasteiger partial charge in [0.1, 0.15) is 5.75 Å². The summed E-state index contributed by atoms with van der Waals surface area (Å²) in [5.74, 6) is -1.72. The number of amides is 1. The molecule has 0 unspecified atom stereocenters. The van der Waals surface area contributed by atoms with Crippen LogP contribution in [0.3, 0.4) is 0 Å². The number of para-hydroxylation sites is 1. The van der Waals surface area contributed by atoms with Gasteiger partial charge in [0.25, 0.3) is 0 Å². The highest BCUT2D eigenvalue weighted by atomic mass is 32.2. The molecule has 126 valence electrons. The summed E-state index contributed by atoms with van der Waals surface area (Å²) in [7, 11) is -5.15. The highest BCUT2D eigenvalue weighted by molar-refractivity contribution is 7.89. The zero-order valence-corrected chi connectivity index (χ0v) is 12.9. The van der Waals surface area contributed by atoms with Crippen molar-refractivity contribution in [3.63, 3.8) is 0 Å². The lowest BCUT2D eigenvalue weighted by molar-refractivity contribution is -0.121. The van der Waals surface area contributed by atoms with Gasteiger partial charge in [-0.05, 0) is 12.0 Å². The van der Waals surface area contributed by atoms with E-state index < -0.39 is 41.0 Å². The molecule has 23 heavy (non-hydrogen) atoms. The standard InChI is InChI=1S/C12H17BN2O7S/c14-23(20,21)5-4-10(16)15-9-6-7-2-1-3-8(12(17)18)11(7)22-13(9)19/h1-3,9,12,17-19H,4-6H2,(H,15,16)(H2,14,20,21)/t9-/m0/s1. The molecule has 1 aliphatic rings. The molecule has 0 saturated heterocycles. The summed E-state index contributed by atoms with van der Waals surface area (Å²) in [6, 6.07) is 4.70. The van der Waals surface area contributed by atoms with Crippen molar-refractivity contribution in [2.24, 2.45) is 5.14 Å². The molecule has 1 heterocycles. The van der Waals surface area contributed by atoms with E-state index in [0.717, 1.165) is 0 Å². The topological polar surface area (TPSA) is 159 Å². The first kappa shape index (κ1) is 17.7. The van der Waals surface area contributed by atoms with Crippen molar-refractivity contribution in [2.75, 3.05) is 5.75 Å². The van der Waals surface area contributed by atoms with Gasteiger partial charge in [-0.2, -0.15) is 0 Å². The lowest BCUT2D eigenvalue weighted by Crippen LogP contribution is -2.53. The summed E-state index contributed by atoms with van der Waals surface area (Å²) in [4.78, 5) is 11.7. The Morgan fingerprint density at radius 2 is 2.17 bits per heavy atom. The molecule has 2 rings (SSSR count). The summed E-state index contributed by atoms with van der Waals surface area (Å²) < 4.78 is 26.9. The molecule has 0 bridgehead atoms. The number of nitrogens with one attached hydrogen (secondary N) is 1. The minimum Gasteiger partial charge on any atom is -0.534 e. The number of benzene rings is 1. The van der Waals surface area contributed by atoms with Crippen LogP contribution in [0.5, 0.6) is 5.75 Å². The second kappa shape index (κ2) is 6.85. The highest BCUT2D eigenvalue weighted by Crippen LogP contribution is 2.32. The van der Waals surface area contributed by atoms with Gasteiger partial charge in [-0.15, -0.1) is 0 Å². The van der Waals surface area contributed by atoms with E-state index in [1.807, 2.05) is 0 Å². The fraction of sp³-hybridized carbons (Fsp3) is 0.417. The van der Waals surface area contributed by atoms with Crippen LogP contribution in [0.15, 0.2) is 18.2 Å². The molecule has 1 aromatic carbocycles. The number of carbonyl (C=O) groups is 1. The van der Waals surface area contributed by atoms with Gasteiger partial charge >= 0.3 is 7.12 Å².